The first-order valence-electron chi connectivity index (χ1n) is 4.92. The topological polar surface area (TPSA) is 49.3 Å². The first-order chi connectivity index (χ1) is 6.88. The molecule has 2 N–H and O–H groups in total. The molecule has 2 atom stereocenters. The van der Waals surface area contributed by atoms with E-state index in [0.29, 0.717) is 12.8 Å². The van der Waals surface area contributed by atoms with Crippen molar-refractivity contribution in [3.63, 3.8) is 0 Å². The molecule has 0 heterocycles. The minimum atomic E-state index is -4.48. The van der Waals surface area contributed by atoms with Gasteiger partial charge in [-0.3, -0.25) is 4.79 Å². The van der Waals surface area contributed by atoms with Gasteiger partial charge in [0, 0.05) is 0 Å². The van der Waals surface area contributed by atoms with Crippen LogP contribution >= 0.6 is 0 Å². The first kappa shape index (κ1) is 12.3. The largest absolute Gasteiger partial charge is 0.397 e. The molecular weight excluding hydrogens is 211 g/mol. The number of hydrogen-bond acceptors (Lipinski definition) is 2. The number of alkyl halides is 3. The second kappa shape index (κ2) is 4.83. The molecule has 1 rings (SSSR count). The van der Waals surface area contributed by atoms with Crippen LogP contribution in [0.2, 0.25) is 0 Å². The van der Waals surface area contributed by atoms with Gasteiger partial charge in [-0.25, -0.2) is 0 Å². The summed E-state index contributed by atoms with van der Waals surface area (Å²) in [5.41, 5.74) is 0. The van der Waals surface area contributed by atoms with Gasteiger partial charge in [0.2, 0.25) is 5.91 Å². The van der Waals surface area contributed by atoms with Crippen molar-refractivity contribution in [1.29, 1.82) is 0 Å². The smallest absolute Gasteiger partial charge is 0.391 e. The van der Waals surface area contributed by atoms with E-state index in [9.17, 15) is 23.1 Å². The van der Waals surface area contributed by atoms with Gasteiger partial charge in [0.25, 0.3) is 0 Å². The van der Waals surface area contributed by atoms with Crippen molar-refractivity contribution in [1.82, 2.24) is 5.32 Å². The number of carbonyl (C=O) groups excluding carboxylic acids is 1. The third-order valence-corrected chi connectivity index (χ3v) is 2.44. The van der Waals surface area contributed by atoms with Gasteiger partial charge in [-0.15, -0.1) is 0 Å². The lowest BCUT2D eigenvalue weighted by Crippen LogP contribution is -2.46. The molecule has 0 bridgehead atoms. The molecule has 2 unspecified atom stereocenters. The van der Waals surface area contributed by atoms with E-state index in [2.05, 4.69) is 5.32 Å². The molecule has 1 aliphatic carbocycles. The fraction of sp³-hybridized carbons (Fsp3) is 0.889. The summed E-state index contributed by atoms with van der Waals surface area (Å²) in [5.74, 6) is -1.06. The second-order valence-electron chi connectivity index (χ2n) is 3.82. The zero-order chi connectivity index (χ0) is 11.5. The zero-order valence-electron chi connectivity index (χ0n) is 8.18. The number of carbonyl (C=O) groups is 1. The van der Waals surface area contributed by atoms with Crippen LogP contribution in [-0.2, 0) is 4.79 Å². The Bertz CT molecular complexity index is 230. The molecule has 0 aromatic heterocycles. The predicted molar refractivity (Wildman–Crippen MR) is 47.1 cm³/mol. The summed E-state index contributed by atoms with van der Waals surface area (Å²) in [7, 11) is 0. The number of aliphatic hydroxyl groups excluding tert-OH is 1. The van der Waals surface area contributed by atoms with E-state index >= 15 is 0 Å². The second-order valence-corrected chi connectivity index (χ2v) is 3.82. The molecule has 0 aromatic rings. The van der Waals surface area contributed by atoms with Crippen molar-refractivity contribution in [2.45, 2.75) is 50.4 Å². The van der Waals surface area contributed by atoms with Gasteiger partial charge < -0.3 is 10.4 Å². The van der Waals surface area contributed by atoms with E-state index in [1.807, 2.05) is 0 Å². The van der Waals surface area contributed by atoms with Gasteiger partial charge in [-0.05, 0) is 12.8 Å². The van der Waals surface area contributed by atoms with Crippen LogP contribution in [0.4, 0.5) is 13.2 Å². The number of amides is 1. The maximum Gasteiger partial charge on any atom is 0.397 e. The van der Waals surface area contributed by atoms with Gasteiger partial charge >= 0.3 is 6.18 Å². The van der Waals surface area contributed by atoms with Crippen molar-refractivity contribution < 1.29 is 23.1 Å². The summed E-state index contributed by atoms with van der Waals surface area (Å²) in [6.07, 6.45) is -3.90. The highest BCUT2D eigenvalue weighted by Crippen LogP contribution is 2.21. The van der Waals surface area contributed by atoms with Crippen LogP contribution in [0.1, 0.15) is 32.1 Å². The van der Waals surface area contributed by atoms with Crippen LogP contribution < -0.4 is 5.32 Å². The van der Waals surface area contributed by atoms with Gasteiger partial charge in [0.05, 0.1) is 12.1 Å². The summed E-state index contributed by atoms with van der Waals surface area (Å²) >= 11 is 0. The van der Waals surface area contributed by atoms with Crippen LogP contribution in [0.25, 0.3) is 0 Å². The van der Waals surface area contributed by atoms with Gasteiger partial charge in [-0.1, -0.05) is 12.8 Å². The average Bonchev–Trinajstić information content (AvgIpc) is 2.05. The number of halogens is 3. The lowest BCUT2D eigenvalue weighted by atomic mass is 9.92. The van der Waals surface area contributed by atoms with E-state index in [0.717, 1.165) is 12.8 Å². The first-order valence-corrected chi connectivity index (χ1v) is 4.92. The van der Waals surface area contributed by atoms with E-state index < -0.39 is 30.7 Å². The Morgan fingerprint density at radius 2 is 1.93 bits per heavy atom. The monoisotopic (exact) mass is 225 g/mol. The van der Waals surface area contributed by atoms with Crippen LogP contribution in [0, 0.1) is 0 Å². The number of rotatable bonds is 2. The van der Waals surface area contributed by atoms with Crippen molar-refractivity contribution in [3.8, 4) is 0 Å². The Balaban J connectivity index is 2.36. The fourth-order valence-electron chi connectivity index (χ4n) is 1.72. The zero-order valence-corrected chi connectivity index (χ0v) is 8.18. The highest BCUT2D eigenvalue weighted by molar-refractivity contribution is 5.76. The maximum atomic E-state index is 11.8. The Morgan fingerprint density at radius 1 is 1.33 bits per heavy atom. The Morgan fingerprint density at radius 3 is 2.47 bits per heavy atom. The molecular formula is C9H14F3NO2. The van der Waals surface area contributed by atoms with Crippen LogP contribution in [0.15, 0.2) is 0 Å². The van der Waals surface area contributed by atoms with Crippen LogP contribution in [0.3, 0.4) is 0 Å². The third kappa shape index (κ3) is 4.51. The average molecular weight is 225 g/mol. The molecule has 0 spiro atoms. The molecule has 88 valence electrons. The van der Waals surface area contributed by atoms with Gasteiger partial charge in [0.1, 0.15) is 6.42 Å². The van der Waals surface area contributed by atoms with Gasteiger partial charge in [0.15, 0.2) is 0 Å². The molecule has 1 aliphatic rings. The van der Waals surface area contributed by atoms with Crippen molar-refractivity contribution >= 4 is 5.91 Å². The molecule has 1 fully saturated rings. The molecule has 0 saturated heterocycles. The highest BCUT2D eigenvalue weighted by Gasteiger charge is 2.33. The van der Waals surface area contributed by atoms with Crippen LogP contribution in [-0.4, -0.2) is 29.3 Å². The molecule has 1 saturated carbocycles. The van der Waals surface area contributed by atoms with Crippen molar-refractivity contribution in [3.05, 3.63) is 0 Å². The number of nitrogens with one attached hydrogen (secondary N) is 1. The number of hydrogen-bond donors (Lipinski definition) is 2. The summed E-state index contributed by atoms with van der Waals surface area (Å²) in [4.78, 5) is 10.9. The summed E-state index contributed by atoms with van der Waals surface area (Å²) < 4.78 is 35.5. The summed E-state index contributed by atoms with van der Waals surface area (Å²) in [6.45, 7) is 0. The Labute approximate surface area is 85.7 Å². The standard InChI is InChI=1S/C9H14F3NO2/c10-9(11,12)5-8(15)13-6-3-1-2-4-7(6)14/h6-7,14H,1-5H2,(H,13,15). The minimum absolute atomic E-state index is 0.520. The van der Waals surface area contributed by atoms with E-state index in [1.54, 1.807) is 0 Å². The molecule has 6 heteroatoms. The molecule has 1 amide bonds. The Hall–Kier alpha value is -0.780. The maximum absolute atomic E-state index is 11.8. The summed E-state index contributed by atoms with van der Waals surface area (Å²) in [6, 6.07) is -0.520. The fourth-order valence-corrected chi connectivity index (χ4v) is 1.72. The van der Waals surface area contributed by atoms with Crippen molar-refractivity contribution in [2.75, 3.05) is 0 Å². The SMILES string of the molecule is O=C(CC(F)(F)F)NC1CCCCC1O. The third-order valence-electron chi connectivity index (χ3n) is 2.44. The summed E-state index contributed by atoms with van der Waals surface area (Å²) in [5, 5.41) is 11.6. The predicted octanol–water partition coefficient (Wildman–Crippen LogP) is 1.36. The Kier molecular flexibility index (Phi) is 3.96. The molecule has 3 nitrogen and oxygen atoms in total. The van der Waals surface area contributed by atoms with E-state index in [1.165, 1.54) is 0 Å². The molecule has 0 aromatic carbocycles. The van der Waals surface area contributed by atoms with Crippen LogP contribution in [0.5, 0.6) is 0 Å². The lowest BCUT2D eigenvalue weighted by Gasteiger charge is -2.28. The number of aliphatic hydroxyl groups is 1. The van der Waals surface area contributed by atoms with E-state index in [4.69, 9.17) is 0 Å². The quantitative estimate of drug-likeness (QED) is 0.745. The molecule has 0 aliphatic heterocycles. The normalized spacial score (nSPS) is 27.5. The van der Waals surface area contributed by atoms with Gasteiger partial charge in [-0.2, -0.15) is 13.2 Å². The van der Waals surface area contributed by atoms with Crippen molar-refractivity contribution in [2.24, 2.45) is 0 Å². The molecule has 0 radical (unpaired) electrons. The lowest BCUT2D eigenvalue weighted by molar-refractivity contribution is -0.155. The van der Waals surface area contributed by atoms with E-state index in [-0.39, 0.29) is 0 Å². The highest BCUT2D eigenvalue weighted by atomic mass is 19.4. The minimum Gasteiger partial charge on any atom is -0.391 e. The molecule has 15 heavy (non-hydrogen) atoms.